The Morgan fingerprint density at radius 3 is 2.50 bits per heavy atom. The topological polar surface area (TPSA) is 38.3 Å². The Kier molecular flexibility index (Phi) is 7.79. The van der Waals surface area contributed by atoms with Crippen molar-refractivity contribution >= 4 is 17.7 Å². The molecule has 4 heteroatoms. The van der Waals surface area contributed by atoms with E-state index >= 15 is 0 Å². The molecule has 0 aromatic heterocycles. The Labute approximate surface area is 160 Å². The third kappa shape index (κ3) is 5.67. The van der Waals surface area contributed by atoms with E-state index in [1.165, 1.54) is 0 Å². The highest BCUT2D eigenvalue weighted by molar-refractivity contribution is 7.99. The van der Waals surface area contributed by atoms with Gasteiger partial charge in [0.25, 0.3) is 5.91 Å². The van der Waals surface area contributed by atoms with Crippen LogP contribution in [0.3, 0.4) is 0 Å². The fourth-order valence-electron chi connectivity index (χ4n) is 2.75. The van der Waals surface area contributed by atoms with Gasteiger partial charge in [-0.05, 0) is 42.2 Å². The summed E-state index contributed by atoms with van der Waals surface area (Å²) in [6.07, 6.45) is 2.72. The molecule has 0 unspecified atom stereocenters. The van der Waals surface area contributed by atoms with E-state index in [0.717, 1.165) is 28.4 Å². The second-order valence-electron chi connectivity index (χ2n) is 6.52. The molecule has 26 heavy (non-hydrogen) atoms. The summed E-state index contributed by atoms with van der Waals surface area (Å²) in [4.78, 5) is 13.9. The summed E-state index contributed by atoms with van der Waals surface area (Å²) in [7, 11) is 1.65. The molecule has 1 atom stereocenters. The molecular weight excluding hydrogens is 342 g/mol. The molecule has 0 fully saturated rings. The number of rotatable bonds is 9. The smallest absolute Gasteiger partial charge is 0.252 e. The maximum atomic E-state index is 12.9. The first-order valence-electron chi connectivity index (χ1n) is 8.82. The molecule has 138 valence electrons. The first-order valence-corrected chi connectivity index (χ1v) is 9.81. The van der Waals surface area contributed by atoms with E-state index in [-0.39, 0.29) is 11.9 Å². The molecule has 1 N–H and O–H groups in total. The van der Waals surface area contributed by atoms with Crippen LogP contribution in [0.5, 0.6) is 5.75 Å². The van der Waals surface area contributed by atoms with E-state index in [4.69, 9.17) is 4.74 Å². The quantitative estimate of drug-likeness (QED) is 0.469. The molecule has 2 rings (SSSR count). The van der Waals surface area contributed by atoms with Crippen LogP contribution in [-0.2, 0) is 0 Å². The van der Waals surface area contributed by atoms with Crippen molar-refractivity contribution in [3.05, 3.63) is 72.3 Å². The van der Waals surface area contributed by atoms with Crippen molar-refractivity contribution in [3.63, 3.8) is 0 Å². The highest BCUT2D eigenvalue weighted by atomic mass is 32.2. The second-order valence-corrected chi connectivity index (χ2v) is 7.59. The molecule has 0 heterocycles. The summed E-state index contributed by atoms with van der Waals surface area (Å²) >= 11 is 1.62. The van der Waals surface area contributed by atoms with Crippen molar-refractivity contribution in [1.82, 2.24) is 5.32 Å². The van der Waals surface area contributed by atoms with Gasteiger partial charge in [-0.15, -0.1) is 18.3 Å². The standard InChI is InChI=1S/C22H27NO2S/c1-5-14-26-21-9-7-6-8-19(21)22(24)23-20(15-16(2)3)17-10-12-18(25-4)13-11-17/h5-13,16,20H,1,14-15H2,2-4H3,(H,23,24)/t20-/m1/s1. The van der Waals surface area contributed by atoms with Crippen molar-refractivity contribution in [1.29, 1.82) is 0 Å². The summed E-state index contributed by atoms with van der Waals surface area (Å²) in [6, 6.07) is 15.6. The fraction of sp³-hybridized carbons (Fsp3) is 0.318. The van der Waals surface area contributed by atoms with Gasteiger partial charge in [0.15, 0.2) is 0 Å². The minimum absolute atomic E-state index is 0.0362. The Balaban J connectivity index is 2.22. The highest BCUT2D eigenvalue weighted by Crippen LogP contribution is 2.26. The van der Waals surface area contributed by atoms with Gasteiger partial charge in [0.1, 0.15) is 5.75 Å². The number of carbonyl (C=O) groups is 1. The van der Waals surface area contributed by atoms with Crippen molar-refractivity contribution in [2.45, 2.75) is 31.2 Å². The Hall–Kier alpha value is -2.20. The summed E-state index contributed by atoms with van der Waals surface area (Å²) in [5.74, 6) is 2.01. The number of methoxy groups -OCH3 is 1. The van der Waals surface area contributed by atoms with Crippen LogP contribution in [0, 0.1) is 5.92 Å². The molecule has 0 spiro atoms. The van der Waals surface area contributed by atoms with Crippen molar-refractivity contribution < 1.29 is 9.53 Å². The number of ether oxygens (including phenoxy) is 1. The van der Waals surface area contributed by atoms with Crippen LogP contribution in [0.25, 0.3) is 0 Å². The predicted molar refractivity (Wildman–Crippen MR) is 110 cm³/mol. The van der Waals surface area contributed by atoms with Gasteiger partial charge in [0.2, 0.25) is 0 Å². The lowest BCUT2D eigenvalue weighted by Crippen LogP contribution is -2.30. The number of carbonyl (C=O) groups excluding carboxylic acids is 1. The van der Waals surface area contributed by atoms with Crippen LogP contribution in [0.4, 0.5) is 0 Å². The Bertz CT molecular complexity index is 725. The zero-order chi connectivity index (χ0) is 18.9. The minimum atomic E-state index is -0.0429. The lowest BCUT2D eigenvalue weighted by Gasteiger charge is -2.22. The average molecular weight is 370 g/mol. The molecule has 3 nitrogen and oxygen atoms in total. The van der Waals surface area contributed by atoms with Crippen LogP contribution < -0.4 is 10.1 Å². The number of benzene rings is 2. The predicted octanol–water partition coefficient (Wildman–Crippen LogP) is 5.49. The number of hydrogen-bond donors (Lipinski definition) is 1. The molecule has 0 aliphatic carbocycles. The zero-order valence-electron chi connectivity index (χ0n) is 15.7. The third-order valence-corrected chi connectivity index (χ3v) is 5.09. The van der Waals surface area contributed by atoms with Crippen molar-refractivity contribution in [2.75, 3.05) is 12.9 Å². The second kappa shape index (κ2) is 10.1. The molecule has 0 bridgehead atoms. The molecule has 0 saturated carbocycles. The monoisotopic (exact) mass is 369 g/mol. The van der Waals surface area contributed by atoms with E-state index < -0.39 is 0 Å². The first kappa shape index (κ1) is 20.1. The van der Waals surface area contributed by atoms with Gasteiger partial charge in [-0.2, -0.15) is 0 Å². The summed E-state index contributed by atoms with van der Waals surface area (Å²) in [5.41, 5.74) is 1.80. The lowest BCUT2D eigenvalue weighted by molar-refractivity contribution is 0.0929. The van der Waals surface area contributed by atoms with Gasteiger partial charge in [0, 0.05) is 10.6 Å². The Morgan fingerprint density at radius 1 is 1.19 bits per heavy atom. The van der Waals surface area contributed by atoms with Gasteiger partial charge < -0.3 is 10.1 Å². The normalized spacial score (nSPS) is 11.8. The van der Waals surface area contributed by atoms with Gasteiger partial charge in [0.05, 0.1) is 18.7 Å². The molecule has 0 aliphatic rings. The highest BCUT2D eigenvalue weighted by Gasteiger charge is 2.19. The van der Waals surface area contributed by atoms with Crippen molar-refractivity contribution in [2.24, 2.45) is 5.92 Å². The minimum Gasteiger partial charge on any atom is -0.497 e. The number of hydrogen-bond acceptors (Lipinski definition) is 3. The largest absolute Gasteiger partial charge is 0.497 e. The van der Waals surface area contributed by atoms with Gasteiger partial charge in [-0.3, -0.25) is 4.79 Å². The third-order valence-electron chi connectivity index (χ3n) is 4.02. The van der Waals surface area contributed by atoms with Gasteiger partial charge in [-0.1, -0.05) is 44.2 Å². The van der Waals surface area contributed by atoms with E-state index in [9.17, 15) is 4.79 Å². The molecule has 2 aromatic rings. The maximum Gasteiger partial charge on any atom is 0.252 e. The molecular formula is C22H27NO2S. The molecule has 0 radical (unpaired) electrons. The SMILES string of the molecule is C=CCSc1ccccc1C(=O)N[C@H](CC(C)C)c1ccc(OC)cc1. The molecule has 0 aliphatic heterocycles. The molecule has 1 amide bonds. The van der Waals surface area contributed by atoms with E-state index in [1.807, 2.05) is 54.6 Å². The van der Waals surface area contributed by atoms with E-state index in [2.05, 4.69) is 25.7 Å². The number of amides is 1. The van der Waals surface area contributed by atoms with E-state index in [1.54, 1.807) is 18.9 Å². The van der Waals surface area contributed by atoms with Crippen LogP contribution in [0.1, 0.15) is 42.2 Å². The van der Waals surface area contributed by atoms with Crippen LogP contribution in [0.15, 0.2) is 66.1 Å². The maximum absolute atomic E-state index is 12.9. The molecule has 2 aromatic carbocycles. The zero-order valence-corrected chi connectivity index (χ0v) is 16.5. The average Bonchev–Trinajstić information content (AvgIpc) is 2.65. The number of thioether (sulfide) groups is 1. The Morgan fingerprint density at radius 2 is 1.88 bits per heavy atom. The van der Waals surface area contributed by atoms with Crippen LogP contribution in [-0.4, -0.2) is 18.8 Å². The van der Waals surface area contributed by atoms with Crippen molar-refractivity contribution in [3.8, 4) is 5.75 Å². The van der Waals surface area contributed by atoms with E-state index in [0.29, 0.717) is 11.5 Å². The summed E-state index contributed by atoms with van der Waals surface area (Å²) < 4.78 is 5.24. The van der Waals surface area contributed by atoms with Gasteiger partial charge in [-0.25, -0.2) is 0 Å². The number of nitrogens with one attached hydrogen (secondary N) is 1. The molecule has 0 saturated heterocycles. The van der Waals surface area contributed by atoms with Crippen LogP contribution in [0.2, 0.25) is 0 Å². The van der Waals surface area contributed by atoms with Crippen LogP contribution >= 0.6 is 11.8 Å². The lowest BCUT2D eigenvalue weighted by atomic mass is 9.96. The summed E-state index contributed by atoms with van der Waals surface area (Å²) in [6.45, 7) is 8.08. The summed E-state index contributed by atoms with van der Waals surface area (Å²) in [5, 5.41) is 3.22. The first-order chi connectivity index (χ1) is 12.5. The fourth-order valence-corrected chi connectivity index (χ4v) is 3.54. The van der Waals surface area contributed by atoms with Gasteiger partial charge >= 0.3 is 0 Å².